The molecule has 0 spiro atoms. The second-order valence-corrected chi connectivity index (χ2v) is 8.56. The Morgan fingerprint density at radius 2 is 1.93 bits per heavy atom. The maximum absolute atomic E-state index is 12.1. The van der Waals surface area contributed by atoms with Crippen molar-refractivity contribution in [1.29, 1.82) is 0 Å². The van der Waals surface area contributed by atoms with E-state index >= 15 is 0 Å². The SMILES string of the molecule is O=C(C[NH+]1CCN(Cc2ccccc2)CC1)NN=Cc1cc(Br)cc(Br)c1[O-]. The third kappa shape index (κ3) is 6.13. The van der Waals surface area contributed by atoms with E-state index in [4.69, 9.17) is 0 Å². The molecule has 28 heavy (non-hydrogen) atoms. The second kappa shape index (κ2) is 10.2. The third-order valence-electron chi connectivity index (χ3n) is 4.65. The van der Waals surface area contributed by atoms with Gasteiger partial charge in [0.1, 0.15) is 0 Å². The molecule has 2 aromatic carbocycles. The highest BCUT2D eigenvalue weighted by atomic mass is 79.9. The number of nitrogens with one attached hydrogen (secondary N) is 2. The Balaban J connectivity index is 1.42. The number of rotatable bonds is 6. The highest BCUT2D eigenvalue weighted by Crippen LogP contribution is 2.28. The second-order valence-electron chi connectivity index (χ2n) is 6.79. The number of piperazine rings is 1. The van der Waals surface area contributed by atoms with Gasteiger partial charge in [0.2, 0.25) is 0 Å². The molecular formula is C20H22Br2N4O2. The van der Waals surface area contributed by atoms with Crippen molar-refractivity contribution in [3.8, 4) is 5.75 Å². The summed E-state index contributed by atoms with van der Waals surface area (Å²) in [6.07, 6.45) is 1.38. The lowest BCUT2D eigenvalue weighted by atomic mass is 10.2. The van der Waals surface area contributed by atoms with Crippen LogP contribution in [0, 0.1) is 0 Å². The van der Waals surface area contributed by atoms with E-state index in [1.165, 1.54) is 16.7 Å². The fourth-order valence-electron chi connectivity index (χ4n) is 3.16. The number of hydrogen-bond acceptors (Lipinski definition) is 4. The fraction of sp³-hybridized carbons (Fsp3) is 0.300. The molecule has 0 unspecified atom stereocenters. The molecule has 0 bridgehead atoms. The highest BCUT2D eigenvalue weighted by Gasteiger charge is 2.21. The van der Waals surface area contributed by atoms with Crippen molar-refractivity contribution in [2.24, 2.45) is 5.10 Å². The van der Waals surface area contributed by atoms with Crippen LogP contribution in [0.25, 0.3) is 0 Å². The van der Waals surface area contributed by atoms with Crippen LogP contribution in [0.4, 0.5) is 0 Å². The number of benzene rings is 2. The van der Waals surface area contributed by atoms with E-state index in [2.05, 4.69) is 71.6 Å². The minimum atomic E-state index is -0.165. The number of nitrogens with zero attached hydrogens (tertiary/aromatic N) is 2. The molecule has 1 amide bonds. The minimum absolute atomic E-state index is 0.149. The summed E-state index contributed by atoms with van der Waals surface area (Å²) in [6.45, 7) is 5.10. The molecule has 6 nitrogen and oxygen atoms in total. The number of quaternary nitrogens is 1. The molecule has 0 aliphatic carbocycles. The lowest BCUT2D eigenvalue weighted by Crippen LogP contribution is -3.15. The standard InChI is InChI=1S/C20H22Br2N4O2/c21-17-10-16(20(28)18(22)11-17)12-23-24-19(27)14-26-8-6-25(7-9-26)13-15-4-2-1-3-5-15/h1-5,10-12,28H,6-9,13-14H2,(H,24,27). The van der Waals surface area contributed by atoms with Gasteiger partial charge in [0.25, 0.3) is 5.91 Å². The largest absolute Gasteiger partial charge is 0.871 e. The van der Waals surface area contributed by atoms with Gasteiger partial charge in [-0.15, -0.1) is 0 Å². The molecule has 1 heterocycles. The summed E-state index contributed by atoms with van der Waals surface area (Å²) in [7, 11) is 0. The smallest absolute Gasteiger partial charge is 0.295 e. The van der Waals surface area contributed by atoms with Gasteiger partial charge in [0.05, 0.1) is 19.3 Å². The summed E-state index contributed by atoms with van der Waals surface area (Å²) in [6, 6.07) is 13.8. The van der Waals surface area contributed by atoms with Crippen LogP contribution in [0.5, 0.6) is 5.75 Å². The van der Waals surface area contributed by atoms with Crippen molar-refractivity contribution in [3.63, 3.8) is 0 Å². The van der Waals surface area contributed by atoms with Crippen molar-refractivity contribution < 1.29 is 14.8 Å². The van der Waals surface area contributed by atoms with Crippen LogP contribution in [0.1, 0.15) is 11.1 Å². The van der Waals surface area contributed by atoms with Crippen molar-refractivity contribution in [1.82, 2.24) is 10.3 Å². The van der Waals surface area contributed by atoms with Gasteiger partial charge < -0.3 is 10.0 Å². The Hall–Kier alpha value is -1.74. The predicted octanol–water partition coefficient (Wildman–Crippen LogP) is 1.14. The first-order chi connectivity index (χ1) is 13.5. The van der Waals surface area contributed by atoms with E-state index < -0.39 is 0 Å². The van der Waals surface area contributed by atoms with Gasteiger partial charge in [-0.3, -0.25) is 9.69 Å². The monoisotopic (exact) mass is 508 g/mol. The van der Waals surface area contributed by atoms with Crippen LogP contribution in [0.2, 0.25) is 0 Å². The zero-order valence-corrected chi connectivity index (χ0v) is 18.5. The number of carbonyl (C=O) groups is 1. The van der Waals surface area contributed by atoms with E-state index in [9.17, 15) is 9.90 Å². The molecular weight excluding hydrogens is 488 g/mol. The zero-order valence-electron chi connectivity index (χ0n) is 15.3. The summed E-state index contributed by atoms with van der Waals surface area (Å²) < 4.78 is 1.22. The summed E-state index contributed by atoms with van der Waals surface area (Å²) in [5.74, 6) is -0.314. The Morgan fingerprint density at radius 3 is 2.64 bits per heavy atom. The fourth-order valence-corrected chi connectivity index (χ4v) is 4.42. The van der Waals surface area contributed by atoms with Gasteiger partial charge in [0.15, 0.2) is 6.54 Å². The maximum Gasteiger partial charge on any atom is 0.295 e. The number of hydrazone groups is 1. The molecule has 0 atom stereocenters. The molecule has 3 rings (SSSR count). The number of halogens is 2. The van der Waals surface area contributed by atoms with Crippen LogP contribution in [-0.4, -0.2) is 49.7 Å². The van der Waals surface area contributed by atoms with Crippen molar-refractivity contribution in [3.05, 3.63) is 62.5 Å². The van der Waals surface area contributed by atoms with Crippen molar-refractivity contribution in [2.75, 3.05) is 32.7 Å². The zero-order chi connectivity index (χ0) is 19.9. The van der Waals surface area contributed by atoms with Crippen LogP contribution in [-0.2, 0) is 11.3 Å². The molecule has 2 N–H and O–H groups in total. The Bertz CT molecular complexity index is 838. The molecule has 2 aromatic rings. The van der Waals surface area contributed by atoms with Gasteiger partial charge in [-0.25, -0.2) is 5.43 Å². The molecule has 148 valence electrons. The molecule has 0 radical (unpaired) electrons. The van der Waals surface area contributed by atoms with E-state index in [1.54, 1.807) is 12.1 Å². The van der Waals surface area contributed by atoms with E-state index in [0.717, 1.165) is 37.2 Å². The highest BCUT2D eigenvalue weighted by molar-refractivity contribution is 9.11. The quantitative estimate of drug-likeness (QED) is 0.453. The molecule has 1 saturated heterocycles. The Kier molecular flexibility index (Phi) is 7.61. The van der Waals surface area contributed by atoms with E-state index in [-0.39, 0.29) is 11.7 Å². The average molecular weight is 510 g/mol. The van der Waals surface area contributed by atoms with Gasteiger partial charge in [-0.1, -0.05) is 67.9 Å². The van der Waals surface area contributed by atoms with Crippen molar-refractivity contribution in [2.45, 2.75) is 6.54 Å². The van der Waals surface area contributed by atoms with Gasteiger partial charge in [-0.2, -0.15) is 5.10 Å². The van der Waals surface area contributed by atoms with Crippen LogP contribution >= 0.6 is 31.9 Å². The summed E-state index contributed by atoms with van der Waals surface area (Å²) in [5.41, 5.74) is 4.24. The topological polar surface area (TPSA) is 72.2 Å². The number of hydrogen-bond donors (Lipinski definition) is 2. The summed E-state index contributed by atoms with van der Waals surface area (Å²) >= 11 is 6.54. The molecule has 8 heteroatoms. The lowest BCUT2D eigenvalue weighted by Gasteiger charge is -2.31. The molecule has 0 aromatic heterocycles. The van der Waals surface area contributed by atoms with Crippen LogP contribution in [0.15, 0.2) is 56.5 Å². The molecule has 1 fully saturated rings. The predicted molar refractivity (Wildman–Crippen MR) is 114 cm³/mol. The first-order valence-corrected chi connectivity index (χ1v) is 10.7. The summed E-state index contributed by atoms with van der Waals surface area (Å²) in [4.78, 5) is 15.8. The number of carbonyl (C=O) groups excluding carboxylic acids is 1. The first kappa shape index (κ1) is 21.0. The van der Waals surface area contributed by atoms with E-state index in [1.807, 2.05) is 6.07 Å². The maximum atomic E-state index is 12.1. The van der Waals surface area contributed by atoms with Gasteiger partial charge in [-0.05, 0) is 23.3 Å². The normalized spacial score (nSPS) is 15.8. The van der Waals surface area contributed by atoms with Gasteiger partial charge in [0, 0.05) is 28.6 Å². The molecule has 0 saturated carbocycles. The molecule has 1 aliphatic rings. The van der Waals surface area contributed by atoms with Crippen LogP contribution in [0.3, 0.4) is 0 Å². The molecule has 1 aliphatic heterocycles. The first-order valence-electron chi connectivity index (χ1n) is 9.09. The van der Waals surface area contributed by atoms with Crippen LogP contribution < -0.4 is 15.4 Å². The average Bonchev–Trinajstić information content (AvgIpc) is 2.68. The minimum Gasteiger partial charge on any atom is -0.871 e. The Morgan fingerprint density at radius 1 is 1.21 bits per heavy atom. The lowest BCUT2D eigenvalue weighted by molar-refractivity contribution is -0.896. The third-order valence-corrected chi connectivity index (χ3v) is 5.70. The summed E-state index contributed by atoms with van der Waals surface area (Å²) in [5, 5.41) is 15.9. The Labute approximate surface area is 181 Å². The van der Waals surface area contributed by atoms with E-state index in [0.29, 0.717) is 16.6 Å². The van der Waals surface area contributed by atoms with Gasteiger partial charge >= 0.3 is 0 Å². The number of amides is 1. The van der Waals surface area contributed by atoms with Crippen molar-refractivity contribution >= 4 is 44.0 Å².